The number of sulfonamides is 1. The Morgan fingerprint density at radius 2 is 1.78 bits per heavy atom. The summed E-state index contributed by atoms with van der Waals surface area (Å²) in [5, 5.41) is 11.5. The van der Waals surface area contributed by atoms with Gasteiger partial charge in [0.15, 0.2) is 0 Å². The number of esters is 1. The second-order valence-corrected chi connectivity index (χ2v) is 10.1. The van der Waals surface area contributed by atoms with Gasteiger partial charge in [-0.15, -0.1) is 0 Å². The van der Waals surface area contributed by atoms with Crippen molar-refractivity contribution in [2.24, 2.45) is 5.73 Å². The summed E-state index contributed by atoms with van der Waals surface area (Å²) in [5.41, 5.74) is 7.33. The predicted molar refractivity (Wildman–Crippen MR) is 138 cm³/mol. The molecule has 1 amide bonds. The molecule has 0 aromatic heterocycles. The van der Waals surface area contributed by atoms with Crippen LogP contribution in [0.5, 0.6) is 0 Å². The number of fused-ring (bicyclic) bond motifs is 1. The molecular formula is C26H30N4O5S. The minimum Gasteiger partial charge on any atom is -0.465 e. The zero-order valence-corrected chi connectivity index (χ0v) is 21.1. The SMILES string of the molecule is CCCN(CC(=O)OCC)S(=O)(=O)c1ccc2c(C(=O)NCc3ccc(C(=N)N)cc3)cccc2c1. The van der Waals surface area contributed by atoms with Crippen molar-refractivity contribution >= 4 is 38.5 Å². The number of amides is 1. The lowest BCUT2D eigenvalue weighted by atomic mass is 10.0. The van der Waals surface area contributed by atoms with Gasteiger partial charge in [0.05, 0.1) is 11.5 Å². The number of carbonyl (C=O) groups excluding carboxylic acids is 2. The Balaban J connectivity index is 1.83. The van der Waals surface area contributed by atoms with Gasteiger partial charge in [-0.3, -0.25) is 15.0 Å². The summed E-state index contributed by atoms with van der Waals surface area (Å²) < 4.78 is 32.6. The lowest BCUT2D eigenvalue weighted by Gasteiger charge is -2.21. The smallest absolute Gasteiger partial charge is 0.321 e. The molecule has 36 heavy (non-hydrogen) atoms. The van der Waals surface area contributed by atoms with Gasteiger partial charge in [0.25, 0.3) is 5.91 Å². The molecular weight excluding hydrogens is 480 g/mol. The highest BCUT2D eigenvalue weighted by molar-refractivity contribution is 7.89. The van der Waals surface area contributed by atoms with Crippen molar-refractivity contribution in [2.75, 3.05) is 19.7 Å². The molecule has 0 fully saturated rings. The Hall–Kier alpha value is -3.76. The van der Waals surface area contributed by atoms with Gasteiger partial charge in [-0.1, -0.05) is 49.4 Å². The van der Waals surface area contributed by atoms with Gasteiger partial charge in [0.2, 0.25) is 10.0 Å². The predicted octanol–water partition coefficient (Wildman–Crippen LogP) is 3.02. The summed E-state index contributed by atoms with van der Waals surface area (Å²) in [6.45, 7) is 3.75. The van der Waals surface area contributed by atoms with Crippen LogP contribution in [0.25, 0.3) is 10.8 Å². The highest BCUT2D eigenvalue weighted by Crippen LogP contribution is 2.25. The van der Waals surface area contributed by atoms with E-state index < -0.39 is 16.0 Å². The molecule has 3 aromatic rings. The van der Waals surface area contributed by atoms with E-state index in [1.807, 2.05) is 6.92 Å². The number of rotatable bonds is 11. The molecule has 0 saturated carbocycles. The first-order chi connectivity index (χ1) is 17.2. The van der Waals surface area contributed by atoms with Gasteiger partial charge in [0.1, 0.15) is 12.4 Å². The molecule has 0 saturated heterocycles. The topological polar surface area (TPSA) is 143 Å². The monoisotopic (exact) mass is 510 g/mol. The van der Waals surface area contributed by atoms with Crippen LogP contribution in [0.2, 0.25) is 0 Å². The van der Waals surface area contributed by atoms with Crippen LogP contribution in [0.3, 0.4) is 0 Å². The zero-order chi connectivity index (χ0) is 26.3. The van der Waals surface area contributed by atoms with E-state index >= 15 is 0 Å². The van der Waals surface area contributed by atoms with Crippen LogP contribution in [-0.2, 0) is 26.1 Å². The molecule has 0 spiro atoms. The van der Waals surface area contributed by atoms with Gasteiger partial charge >= 0.3 is 5.97 Å². The number of hydrogen-bond donors (Lipinski definition) is 3. The first kappa shape index (κ1) is 26.8. The van der Waals surface area contributed by atoms with Crippen molar-refractivity contribution in [3.05, 3.63) is 77.4 Å². The molecule has 10 heteroatoms. The molecule has 190 valence electrons. The maximum absolute atomic E-state index is 13.3. The van der Waals surface area contributed by atoms with Crippen molar-refractivity contribution in [1.29, 1.82) is 5.41 Å². The number of carbonyl (C=O) groups is 2. The van der Waals surface area contributed by atoms with Crippen LogP contribution >= 0.6 is 0 Å². The largest absolute Gasteiger partial charge is 0.465 e. The number of hydrogen-bond acceptors (Lipinski definition) is 6. The number of nitrogens with two attached hydrogens (primary N) is 1. The van der Waals surface area contributed by atoms with Crippen LogP contribution < -0.4 is 11.1 Å². The molecule has 0 heterocycles. The van der Waals surface area contributed by atoms with Gasteiger partial charge in [-0.25, -0.2) is 8.42 Å². The summed E-state index contributed by atoms with van der Waals surface area (Å²) in [4.78, 5) is 24.9. The van der Waals surface area contributed by atoms with E-state index in [2.05, 4.69) is 5.32 Å². The first-order valence-electron chi connectivity index (χ1n) is 11.6. The fourth-order valence-corrected chi connectivity index (χ4v) is 5.25. The number of benzene rings is 3. The van der Waals surface area contributed by atoms with Crippen molar-refractivity contribution in [3.63, 3.8) is 0 Å². The maximum Gasteiger partial charge on any atom is 0.321 e. The van der Waals surface area contributed by atoms with Crippen molar-refractivity contribution < 1.29 is 22.7 Å². The number of ether oxygens (including phenoxy) is 1. The molecule has 0 bridgehead atoms. The molecule has 0 aliphatic carbocycles. The summed E-state index contributed by atoms with van der Waals surface area (Å²) >= 11 is 0. The Labute approximate surface area is 210 Å². The highest BCUT2D eigenvalue weighted by atomic mass is 32.2. The third-order valence-corrected chi connectivity index (χ3v) is 7.38. The van der Waals surface area contributed by atoms with Gasteiger partial charge in [-0.05, 0) is 47.9 Å². The molecule has 0 aliphatic heterocycles. The average molecular weight is 511 g/mol. The van der Waals surface area contributed by atoms with E-state index in [0.717, 1.165) is 9.87 Å². The Morgan fingerprint density at radius 3 is 2.42 bits per heavy atom. The van der Waals surface area contributed by atoms with E-state index in [9.17, 15) is 18.0 Å². The summed E-state index contributed by atoms with van der Waals surface area (Å²) in [6, 6.07) is 16.7. The minimum atomic E-state index is -3.95. The third-order valence-electron chi connectivity index (χ3n) is 5.54. The van der Waals surface area contributed by atoms with Crippen molar-refractivity contribution in [2.45, 2.75) is 31.7 Å². The van der Waals surface area contributed by atoms with Gasteiger partial charge < -0.3 is 15.8 Å². The molecule has 0 aliphatic rings. The lowest BCUT2D eigenvalue weighted by Crippen LogP contribution is -2.37. The van der Waals surface area contributed by atoms with Crippen LogP contribution in [-0.4, -0.2) is 50.1 Å². The molecule has 0 unspecified atom stereocenters. The highest BCUT2D eigenvalue weighted by Gasteiger charge is 2.27. The van der Waals surface area contributed by atoms with Crippen LogP contribution in [0, 0.1) is 5.41 Å². The fraction of sp³-hybridized carbons (Fsp3) is 0.269. The molecule has 4 N–H and O–H groups in total. The van der Waals surface area contributed by atoms with Gasteiger partial charge in [0, 0.05) is 24.2 Å². The van der Waals surface area contributed by atoms with Gasteiger partial charge in [-0.2, -0.15) is 4.31 Å². The van der Waals surface area contributed by atoms with Crippen molar-refractivity contribution in [1.82, 2.24) is 9.62 Å². The lowest BCUT2D eigenvalue weighted by molar-refractivity contribution is -0.143. The number of nitrogen functional groups attached to an aromatic ring is 1. The van der Waals surface area contributed by atoms with E-state index in [-0.39, 0.29) is 42.9 Å². The number of amidine groups is 1. The second-order valence-electron chi connectivity index (χ2n) is 8.13. The minimum absolute atomic E-state index is 0.0265. The second kappa shape index (κ2) is 11.8. The zero-order valence-electron chi connectivity index (χ0n) is 20.3. The molecule has 0 atom stereocenters. The Kier molecular flexibility index (Phi) is 8.78. The quantitative estimate of drug-likeness (QED) is 0.206. The van der Waals surface area contributed by atoms with Crippen molar-refractivity contribution in [3.8, 4) is 0 Å². The Morgan fingerprint density at radius 1 is 1.06 bits per heavy atom. The maximum atomic E-state index is 13.3. The summed E-state index contributed by atoms with van der Waals surface area (Å²) in [5.74, 6) is -0.937. The summed E-state index contributed by atoms with van der Waals surface area (Å²) in [7, 11) is -3.95. The normalized spacial score (nSPS) is 11.4. The van der Waals surface area contributed by atoms with Crippen LogP contribution in [0.1, 0.15) is 41.8 Å². The van der Waals surface area contributed by atoms with E-state index in [1.165, 1.54) is 12.1 Å². The fourth-order valence-electron chi connectivity index (χ4n) is 3.73. The summed E-state index contributed by atoms with van der Waals surface area (Å²) in [6.07, 6.45) is 0.536. The molecule has 0 radical (unpaired) electrons. The number of nitrogens with zero attached hydrogens (tertiary/aromatic N) is 1. The molecule has 3 rings (SSSR count). The standard InChI is InChI=1S/C26H30N4O5S/c1-3-14-30(17-24(31)35-4-2)36(33,34)21-12-13-22-20(15-21)6-5-7-23(22)26(32)29-16-18-8-10-19(11-9-18)25(27)28/h5-13,15H,3-4,14,16-17H2,1-2H3,(H3,27,28)(H,29,32). The first-order valence-corrected chi connectivity index (χ1v) is 13.0. The third kappa shape index (κ3) is 6.27. The van der Waals surface area contributed by atoms with Crippen LogP contribution in [0.15, 0.2) is 65.6 Å². The average Bonchev–Trinajstić information content (AvgIpc) is 2.86. The Bertz CT molecular complexity index is 1370. The van der Waals surface area contributed by atoms with E-state index in [4.69, 9.17) is 15.9 Å². The number of nitrogens with one attached hydrogen (secondary N) is 2. The molecule has 3 aromatic carbocycles. The van der Waals surface area contributed by atoms with E-state index in [1.54, 1.807) is 55.5 Å². The molecule has 9 nitrogen and oxygen atoms in total. The van der Waals surface area contributed by atoms with E-state index in [0.29, 0.717) is 28.3 Å². The van der Waals surface area contributed by atoms with Crippen LogP contribution in [0.4, 0.5) is 0 Å².